The lowest BCUT2D eigenvalue weighted by atomic mass is 10.0. The van der Waals surface area contributed by atoms with Gasteiger partial charge in [-0.05, 0) is 37.3 Å². The second-order valence-electron chi connectivity index (χ2n) is 4.61. The first kappa shape index (κ1) is 12.7. The fourth-order valence-electron chi connectivity index (χ4n) is 1.39. The number of nitrogens with one attached hydrogen (secondary N) is 1. The third-order valence-corrected chi connectivity index (χ3v) is 3.54. The fraction of sp³-hybridized carbons (Fsp3) is 0.667. The normalized spacial score (nSPS) is 15.5. The molecule has 0 aliphatic carbocycles. The highest BCUT2D eigenvalue weighted by atomic mass is 32.1. The Morgan fingerprint density at radius 1 is 1.53 bits per heavy atom. The fourth-order valence-corrected chi connectivity index (χ4v) is 2.18. The molecule has 0 unspecified atom stereocenters. The Labute approximate surface area is 96.3 Å². The van der Waals surface area contributed by atoms with Crippen molar-refractivity contribution in [2.45, 2.75) is 32.8 Å². The molecule has 0 aliphatic heterocycles. The Bertz CT molecular complexity index is 267. The van der Waals surface area contributed by atoms with Crippen LogP contribution in [0.3, 0.4) is 0 Å². The highest BCUT2D eigenvalue weighted by Crippen LogP contribution is 2.24. The molecule has 1 heterocycles. The van der Waals surface area contributed by atoms with E-state index in [1.54, 1.807) is 11.3 Å². The summed E-state index contributed by atoms with van der Waals surface area (Å²) in [5, 5.41) is 15.5. The summed E-state index contributed by atoms with van der Waals surface area (Å²) in [6.45, 7) is 7.87. The second kappa shape index (κ2) is 5.64. The van der Waals surface area contributed by atoms with E-state index in [1.807, 2.05) is 24.4 Å². The van der Waals surface area contributed by atoms with E-state index in [2.05, 4.69) is 19.2 Å². The van der Waals surface area contributed by atoms with Crippen LogP contribution in [-0.4, -0.2) is 18.2 Å². The zero-order valence-electron chi connectivity index (χ0n) is 9.79. The van der Waals surface area contributed by atoms with E-state index in [0.29, 0.717) is 12.5 Å². The molecule has 1 rings (SSSR count). The maximum absolute atomic E-state index is 10.2. The lowest BCUT2D eigenvalue weighted by Gasteiger charge is -2.22. The summed E-state index contributed by atoms with van der Waals surface area (Å²) >= 11 is 1.60. The molecule has 15 heavy (non-hydrogen) atoms. The van der Waals surface area contributed by atoms with E-state index in [9.17, 15) is 5.11 Å². The summed E-state index contributed by atoms with van der Waals surface area (Å²) in [7, 11) is 0. The van der Waals surface area contributed by atoms with Crippen molar-refractivity contribution in [3.8, 4) is 0 Å². The van der Waals surface area contributed by atoms with Gasteiger partial charge in [-0.3, -0.25) is 0 Å². The molecule has 0 fully saturated rings. The molecule has 0 saturated carbocycles. The Hall–Kier alpha value is -0.380. The number of hydrogen-bond acceptors (Lipinski definition) is 3. The van der Waals surface area contributed by atoms with Gasteiger partial charge in [0.05, 0.1) is 0 Å². The topological polar surface area (TPSA) is 32.3 Å². The summed E-state index contributed by atoms with van der Waals surface area (Å²) in [6.07, 6.45) is 1.15. The highest BCUT2D eigenvalue weighted by molar-refractivity contribution is 7.10. The van der Waals surface area contributed by atoms with Crippen LogP contribution in [0.4, 0.5) is 0 Å². The van der Waals surface area contributed by atoms with Gasteiger partial charge in [0.15, 0.2) is 0 Å². The highest BCUT2D eigenvalue weighted by Gasteiger charge is 2.23. The lowest BCUT2D eigenvalue weighted by molar-refractivity contribution is 0.0606. The van der Waals surface area contributed by atoms with Crippen LogP contribution in [0.1, 0.15) is 32.1 Å². The van der Waals surface area contributed by atoms with E-state index in [4.69, 9.17) is 0 Å². The average molecular weight is 227 g/mol. The molecule has 2 nitrogen and oxygen atoms in total. The monoisotopic (exact) mass is 227 g/mol. The maximum Gasteiger partial charge on any atom is 0.108 e. The van der Waals surface area contributed by atoms with E-state index < -0.39 is 5.60 Å². The van der Waals surface area contributed by atoms with Gasteiger partial charge >= 0.3 is 0 Å². The number of rotatable bonds is 6. The van der Waals surface area contributed by atoms with Crippen LogP contribution in [0, 0.1) is 5.92 Å². The Morgan fingerprint density at radius 3 is 2.80 bits per heavy atom. The SMILES string of the molecule is CC(C)CCNC[C@](C)(O)c1cccs1. The van der Waals surface area contributed by atoms with Crippen LogP contribution in [0.25, 0.3) is 0 Å². The molecule has 0 amide bonds. The zero-order chi connectivity index (χ0) is 11.3. The van der Waals surface area contributed by atoms with Gasteiger partial charge in [-0.15, -0.1) is 11.3 Å². The third kappa shape index (κ3) is 4.33. The van der Waals surface area contributed by atoms with E-state index in [1.165, 1.54) is 0 Å². The quantitative estimate of drug-likeness (QED) is 0.732. The minimum Gasteiger partial charge on any atom is -0.383 e. The van der Waals surface area contributed by atoms with E-state index in [-0.39, 0.29) is 0 Å². The van der Waals surface area contributed by atoms with Crippen molar-refractivity contribution in [2.24, 2.45) is 5.92 Å². The molecule has 86 valence electrons. The van der Waals surface area contributed by atoms with Crippen LogP contribution in [-0.2, 0) is 5.60 Å². The van der Waals surface area contributed by atoms with Gasteiger partial charge in [-0.25, -0.2) is 0 Å². The number of thiophene rings is 1. The zero-order valence-corrected chi connectivity index (χ0v) is 10.6. The van der Waals surface area contributed by atoms with Gasteiger partial charge in [0, 0.05) is 11.4 Å². The molecule has 0 saturated heterocycles. The Kier molecular flexibility index (Phi) is 4.77. The summed E-state index contributed by atoms with van der Waals surface area (Å²) in [5.41, 5.74) is -0.731. The molecular formula is C12H21NOS. The van der Waals surface area contributed by atoms with Crippen molar-refractivity contribution in [1.82, 2.24) is 5.32 Å². The largest absolute Gasteiger partial charge is 0.383 e. The molecular weight excluding hydrogens is 206 g/mol. The van der Waals surface area contributed by atoms with Crippen molar-refractivity contribution in [3.05, 3.63) is 22.4 Å². The number of hydrogen-bond donors (Lipinski definition) is 2. The second-order valence-corrected chi connectivity index (χ2v) is 5.56. The molecule has 0 radical (unpaired) electrons. The minimum absolute atomic E-state index is 0.625. The Balaban J connectivity index is 2.31. The van der Waals surface area contributed by atoms with E-state index >= 15 is 0 Å². The molecule has 0 bridgehead atoms. The first-order chi connectivity index (χ1) is 7.02. The van der Waals surface area contributed by atoms with Crippen LogP contribution in [0.2, 0.25) is 0 Å². The molecule has 0 aromatic carbocycles. The van der Waals surface area contributed by atoms with Gasteiger partial charge in [-0.2, -0.15) is 0 Å². The van der Waals surface area contributed by atoms with Crippen LogP contribution >= 0.6 is 11.3 Å². The van der Waals surface area contributed by atoms with Crippen molar-refractivity contribution < 1.29 is 5.11 Å². The summed E-state index contributed by atoms with van der Waals surface area (Å²) in [4.78, 5) is 1.03. The van der Waals surface area contributed by atoms with Crippen molar-refractivity contribution >= 4 is 11.3 Å². The molecule has 1 aromatic rings. The summed E-state index contributed by atoms with van der Waals surface area (Å²) in [6, 6.07) is 3.96. The molecule has 2 N–H and O–H groups in total. The predicted molar refractivity (Wildman–Crippen MR) is 66.2 cm³/mol. The third-order valence-electron chi connectivity index (χ3n) is 2.42. The van der Waals surface area contributed by atoms with Crippen molar-refractivity contribution in [2.75, 3.05) is 13.1 Å². The van der Waals surface area contributed by atoms with Crippen LogP contribution in [0.5, 0.6) is 0 Å². The summed E-state index contributed by atoms with van der Waals surface area (Å²) < 4.78 is 0. The molecule has 3 heteroatoms. The maximum atomic E-state index is 10.2. The van der Waals surface area contributed by atoms with Gasteiger partial charge in [0.1, 0.15) is 5.60 Å². The predicted octanol–water partition coefficient (Wildman–Crippen LogP) is 2.59. The lowest BCUT2D eigenvalue weighted by Crippen LogP contribution is -2.35. The number of aliphatic hydroxyl groups is 1. The minimum atomic E-state index is -0.731. The van der Waals surface area contributed by atoms with Crippen molar-refractivity contribution in [3.63, 3.8) is 0 Å². The van der Waals surface area contributed by atoms with Gasteiger partial charge < -0.3 is 10.4 Å². The standard InChI is InChI=1S/C12H21NOS/c1-10(2)6-7-13-9-12(3,14)11-5-4-8-15-11/h4-5,8,10,13-14H,6-7,9H2,1-3H3/t12-/m0/s1. The van der Waals surface area contributed by atoms with Gasteiger partial charge in [0.2, 0.25) is 0 Å². The molecule has 1 atom stereocenters. The van der Waals surface area contributed by atoms with Gasteiger partial charge in [-0.1, -0.05) is 19.9 Å². The smallest absolute Gasteiger partial charge is 0.108 e. The van der Waals surface area contributed by atoms with E-state index in [0.717, 1.165) is 17.8 Å². The molecule has 0 spiro atoms. The first-order valence-corrected chi connectivity index (χ1v) is 6.37. The Morgan fingerprint density at radius 2 is 2.27 bits per heavy atom. The molecule has 1 aromatic heterocycles. The van der Waals surface area contributed by atoms with Crippen LogP contribution in [0.15, 0.2) is 17.5 Å². The van der Waals surface area contributed by atoms with Gasteiger partial charge in [0.25, 0.3) is 0 Å². The molecule has 0 aliphatic rings. The average Bonchev–Trinajstić information content (AvgIpc) is 2.65. The summed E-state index contributed by atoms with van der Waals surface area (Å²) in [5.74, 6) is 0.712. The first-order valence-electron chi connectivity index (χ1n) is 5.49. The van der Waals surface area contributed by atoms with Crippen molar-refractivity contribution in [1.29, 1.82) is 0 Å². The van der Waals surface area contributed by atoms with Crippen LogP contribution < -0.4 is 5.32 Å².